The Hall–Kier alpha value is -2.22. The summed E-state index contributed by atoms with van der Waals surface area (Å²) in [5, 5.41) is 10.8. The van der Waals surface area contributed by atoms with Crippen LogP contribution in [-0.2, 0) is 0 Å². The van der Waals surface area contributed by atoms with E-state index in [-0.39, 0.29) is 21.4 Å². The van der Waals surface area contributed by atoms with E-state index in [4.69, 9.17) is 5.73 Å². The van der Waals surface area contributed by atoms with Crippen molar-refractivity contribution in [2.45, 2.75) is 9.92 Å². The molecule has 0 fully saturated rings. The topological polar surface area (TPSA) is 82.0 Å². The largest absolute Gasteiger partial charge is 0.378 e. The van der Waals surface area contributed by atoms with Crippen molar-refractivity contribution in [3.8, 4) is 0 Å². The molecule has 1 aromatic heterocycles. The van der Waals surface area contributed by atoms with Crippen LogP contribution in [0.25, 0.3) is 0 Å². The highest BCUT2D eigenvalue weighted by Gasteiger charge is 2.14. The number of hydrogen-bond donors (Lipinski definition) is 1. The number of nitrogens with two attached hydrogens (primary N) is 1. The van der Waals surface area contributed by atoms with E-state index in [9.17, 15) is 18.9 Å². The first-order valence-corrected chi connectivity index (χ1v) is 5.83. The molecule has 0 aliphatic rings. The van der Waals surface area contributed by atoms with Gasteiger partial charge < -0.3 is 5.73 Å². The summed E-state index contributed by atoms with van der Waals surface area (Å²) in [5.74, 6) is -1.67. The lowest BCUT2D eigenvalue weighted by Gasteiger charge is -2.03. The molecule has 0 aliphatic heterocycles. The molecule has 0 spiro atoms. The molecule has 1 aromatic carbocycles. The van der Waals surface area contributed by atoms with Crippen molar-refractivity contribution < 1.29 is 13.7 Å². The van der Waals surface area contributed by atoms with E-state index in [1.165, 1.54) is 18.2 Å². The Balaban J connectivity index is 2.29. The summed E-state index contributed by atoms with van der Waals surface area (Å²) in [6, 6.07) is 5.65. The molecule has 2 aromatic rings. The molecular weight excluding hydrogens is 276 g/mol. The fraction of sp³-hybridized carbons (Fsp3) is 0. The molecule has 19 heavy (non-hydrogen) atoms. The molecule has 0 saturated carbocycles. The number of halogens is 2. The summed E-state index contributed by atoms with van der Waals surface area (Å²) in [4.78, 5) is 13.8. The zero-order chi connectivity index (χ0) is 14.0. The van der Waals surface area contributed by atoms with Gasteiger partial charge in [0.1, 0.15) is 16.7 Å². The summed E-state index contributed by atoms with van der Waals surface area (Å²) in [5.41, 5.74) is 5.10. The molecule has 0 aliphatic carbocycles. The zero-order valence-corrected chi connectivity index (χ0v) is 10.2. The summed E-state index contributed by atoms with van der Waals surface area (Å²) in [6.45, 7) is 0. The Labute approximate surface area is 110 Å². The van der Waals surface area contributed by atoms with Gasteiger partial charge in [-0.25, -0.2) is 13.8 Å². The van der Waals surface area contributed by atoms with E-state index in [0.29, 0.717) is 0 Å². The molecule has 5 nitrogen and oxygen atoms in total. The highest BCUT2D eigenvalue weighted by Crippen LogP contribution is 2.31. The Morgan fingerprint density at radius 2 is 2.00 bits per heavy atom. The van der Waals surface area contributed by atoms with Crippen molar-refractivity contribution in [2.75, 3.05) is 5.73 Å². The maximum absolute atomic E-state index is 13.4. The third kappa shape index (κ3) is 2.97. The van der Waals surface area contributed by atoms with E-state index in [1.54, 1.807) is 0 Å². The molecular formula is C11H7F2N3O2S. The van der Waals surface area contributed by atoms with Gasteiger partial charge in [0.15, 0.2) is 0 Å². The predicted octanol–water partition coefficient (Wildman–Crippen LogP) is 3.00. The van der Waals surface area contributed by atoms with E-state index >= 15 is 0 Å². The van der Waals surface area contributed by atoms with E-state index in [0.717, 1.165) is 23.9 Å². The number of pyridine rings is 1. The summed E-state index contributed by atoms with van der Waals surface area (Å²) in [7, 11) is 0. The molecule has 0 atom stereocenters. The highest BCUT2D eigenvalue weighted by molar-refractivity contribution is 7.99. The number of rotatable bonds is 3. The van der Waals surface area contributed by atoms with Gasteiger partial charge in [0.2, 0.25) is 5.82 Å². The number of nitro groups is 1. The maximum atomic E-state index is 13.4. The van der Waals surface area contributed by atoms with Gasteiger partial charge in [0.25, 0.3) is 0 Å². The van der Waals surface area contributed by atoms with Crippen molar-refractivity contribution in [1.29, 1.82) is 0 Å². The SMILES string of the molecule is Nc1nc(Sc2ccc(F)cc2F)ccc1[N+](=O)[O-]. The summed E-state index contributed by atoms with van der Waals surface area (Å²) < 4.78 is 26.1. The first kappa shape index (κ1) is 13.2. The minimum absolute atomic E-state index is 0.155. The smallest absolute Gasteiger partial charge is 0.311 e. The van der Waals surface area contributed by atoms with Crippen LogP contribution in [0.1, 0.15) is 0 Å². The fourth-order valence-electron chi connectivity index (χ4n) is 1.33. The second-order valence-electron chi connectivity index (χ2n) is 3.49. The van der Waals surface area contributed by atoms with E-state index < -0.39 is 16.6 Å². The van der Waals surface area contributed by atoms with Crippen LogP contribution in [0.2, 0.25) is 0 Å². The molecule has 0 amide bonds. The van der Waals surface area contributed by atoms with Crippen LogP contribution in [0.4, 0.5) is 20.3 Å². The lowest BCUT2D eigenvalue weighted by molar-refractivity contribution is -0.384. The lowest BCUT2D eigenvalue weighted by Crippen LogP contribution is -1.99. The number of hydrogen-bond acceptors (Lipinski definition) is 5. The average molecular weight is 283 g/mol. The van der Waals surface area contributed by atoms with Crippen LogP contribution >= 0.6 is 11.8 Å². The van der Waals surface area contributed by atoms with Crippen molar-refractivity contribution in [2.24, 2.45) is 0 Å². The molecule has 98 valence electrons. The third-order valence-electron chi connectivity index (χ3n) is 2.18. The van der Waals surface area contributed by atoms with Gasteiger partial charge in [0, 0.05) is 17.0 Å². The van der Waals surface area contributed by atoms with Crippen LogP contribution in [-0.4, -0.2) is 9.91 Å². The molecule has 0 unspecified atom stereocenters. The Morgan fingerprint density at radius 1 is 1.26 bits per heavy atom. The number of nitrogen functional groups attached to an aromatic ring is 1. The van der Waals surface area contributed by atoms with Gasteiger partial charge in [-0.2, -0.15) is 0 Å². The molecule has 0 bridgehead atoms. The molecule has 2 N–H and O–H groups in total. The molecule has 8 heteroatoms. The standard InChI is InChI=1S/C11H7F2N3O2S/c12-6-1-3-9(7(13)5-6)19-10-4-2-8(16(17)18)11(14)15-10/h1-5H,(H2,14,15). The van der Waals surface area contributed by atoms with Crippen molar-refractivity contribution in [3.05, 3.63) is 52.1 Å². The zero-order valence-electron chi connectivity index (χ0n) is 9.34. The number of aromatic nitrogens is 1. The average Bonchev–Trinajstić information content (AvgIpc) is 2.32. The monoisotopic (exact) mass is 283 g/mol. The fourth-order valence-corrected chi connectivity index (χ4v) is 2.13. The molecule has 0 saturated heterocycles. The predicted molar refractivity (Wildman–Crippen MR) is 65.8 cm³/mol. The molecule has 0 radical (unpaired) electrons. The van der Waals surface area contributed by atoms with Gasteiger partial charge >= 0.3 is 5.69 Å². The molecule has 2 rings (SSSR count). The first-order chi connectivity index (χ1) is 8.97. The van der Waals surface area contributed by atoms with Gasteiger partial charge in [-0.05, 0) is 18.2 Å². The minimum atomic E-state index is -0.733. The van der Waals surface area contributed by atoms with Gasteiger partial charge in [-0.15, -0.1) is 0 Å². The van der Waals surface area contributed by atoms with Crippen LogP contribution < -0.4 is 5.73 Å². The van der Waals surface area contributed by atoms with Crippen LogP contribution in [0.3, 0.4) is 0 Å². The number of anilines is 1. The third-order valence-corrected chi connectivity index (χ3v) is 3.17. The van der Waals surface area contributed by atoms with Gasteiger partial charge in [-0.3, -0.25) is 10.1 Å². The normalized spacial score (nSPS) is 10.4. The maximum Gasteiger partial charge on any atom is 0.311 e. The number of benzene rings is 1. The van der Waals surface area contributed by atoms with Crippen molar-refractivity contribution in [3.63, 3.8) is 0 Å². The van der Waals surface area contributed by atoms with Crippen LogP contribution in [0, 0.1) is 21.7 Å². The Bertz CT molecular complexity index is 652. The minimum Gasteiger partial charge on any atom is -0.378 e. The van der Waals surface area contributed by atoms with Gasteiger partial charge in [0.05, 0.1) is 4.92 Å². The quantitative estimate of drug-likeness (QED) is 0.691. The van der Waals surface area contributed by atoms with Gasteiger partial charge in [-0.1, -0.05) is 11.8 Å². The Morgan fingerprint density at radius 3 is 2.58 bits per heavy atom. The number of nitrogens with zero attached hydrogens (tertiary/aromatic N) is 2. The summed E-state index contributed by atoms with van der Waals surface area (Å²) >= 11 is 0.902. The lowest BCUT2D eigenvalue weighted by atomic mass is 10.3. The first-order valence-electron chi connectivity index (χ1n) is 5.01. The highest BCUT2D eigenvalue weighted by atomic mass is 32.2. The van der Waals surface area contributed by atoms with E-state index in [1.807, 2.05) is 0 Å². The van der Waals surface area contributed by atoms with Crippen LogP contribution in [0.5, 0.6) is 0 Å². The Kier molecular flexibility index (Phi) is 3.61. The van der Waals surface area contributed by atoms with E-state index in [2.05, 4.69) is 4.98 Å². The second kappa shape index (κ2) is 5.19. The van der Waals surface area contributed by atoms with Crippen molar-refractivity contribution in [1.82, 2.24) is 4.98 Å². The second-order valence-corrected chi connectivity index (χ2v) is 4.55. The molecule has 1 heterocycles. The van der Waals surface area contributed by atoms with Crippen LogP contribution in [0.15, 0.2) is 40.3 Å². The summed E-state index contributed by atoms with van der Waals surface area (Å²) in [6.07, 6.45) is 0. The van der Waals surface area contributed by atoms with Crippen molar-refractivity contribution >= 4 is 23.3 Å².